The Morgan fingerprint density at radius 1 is 1.10 bits per heavy atom. The molecule has 0 saturated carbocycles. The van der Waals surface area contributed by atoms with Crippen molar-refractivity contribution in [2.24, 2.45) is 0 Å². The smallest absolute Gasteiger partial charge is 0.158 e. The van der Waals surface area contributed by atoms with E-state index in [4.69, 9.17) is 9.47 Å². The maximum atomic E-state index is 5.84. The largest absolute Gasteiger partial charge is 0.352 e. The quantitative estimate of drug-likeness (QED) is 0.365. The van der Waals surface area contributed by atoms with Gasteiger partial charge in [0.05, 0.1) is 33.9 Å². The van der Waals surface area contributed by atoms with E-state index in [1.807, 2.05) is 0 Å². The van der Waals surface area contributed by atoms with Crippen LogP contribution < -0.4 is 4.90 Å². The maximum Gasteiger partial charge on any atom is 0.158 e. The summed E-state index contributed by atoms with van der Waals surface area (Å²) in [4.78, 5) is 1.42. The highest BCUT2D eigenvalue weighted by atomic mass is 127. The van der Waals surface area contributed by atoms with Gasteiger partial charge in [0.1, 0.15) is 0 Å². The summed E-state index contributed by atoms with van der Waals surface area (Å²) in [5.41, 5.74) is 0. The highest BCUT2D eigenvalue weighted by Crippen LogP contribution is 2.24. The summed E-state index contributed by atoms with van der Waals surface area (Å²) in [7, 11) is 6.25. The summed E-state index contributed by atoms with van der Waals surface area (Å²) in [6, 6.07) is 0. The monoisotopic (exact) mass is 400 g/mol. The second kappa shape index (κ2) is 14.5. The first-order valence-electron chi connectivity index (χ1n) is 8.19. The van der Waals surface area contributed by atoms with Crippen molar-refractivity contribution in [1.29, 1.82) is 0 Å². The van der Waals surface area contributed by atoms with Crippen LogP contribution in [0.25, 0.3) is 0 Å². The average molecular weight is 400 g/mol. The lowest BCUT2D eigenvalue weighted by molar-refractivity contribution is -0.836. The molecule has 1 fully saturated rings. The van der Waals surface area contributed by atoms with Gasteiger partial charge < -0.3 is 14.4 Å². The molecule has 0 radical (unpaired) electrons. The van der Waals surface area contributed by atoms with E-state index in [1.54, 1.807) is 0 Å². The topological polar surface area (TPSA) is 22.9 Å². The summed E-state index contributed by atoms with van der Waals surface area (Å²) >= 11 is 2.33. The van der Waals surface area contributed by atoms with Crippen molar-refractivity contribution < 1.29 is 14.4 Å². The zero-order valence-electron chi connectivity index (χ0n) is 13.9. The predicted molar refractivity (Wildman–Crippen MR) is 94.8 cm³/mol. The molecule has 3 nitrogen and oxygen atoms in total. The Balaban J connectivity index is 0.000000796. The van der Waals surface area contributed by atoms with E-state index in [-0.39, 0.29) is 6.29 Å². The van der Waals surface area contributed by atoms with Crippen molar-refractivity contribution in [1.82, 2.24) is 0 Å². The molecule has 0 aliphatic carbocycles. The second-order valence-electron chi connectivity index (χ2n) is 6.03. The number of nitrogens with one attached hydrogen (secondary N) is 1. The summed E-state index contributed by atoms with van der Waals surface area (Å²) < 4.78 is 12.5. The lowest BCUT2D eigenvalue weighted by atomic mass is 10.1. The van der Waals surface area contributed by atoms with Crippen molar-refractivity contribution in [2.75, 3.05) is 32.2 Å². The van der Waals surface area contributed by atoms with Gasteiger partial charge in [-0.15, -0.1) is 0 Å². The number of rotatable bonds is 9. The molecule has 122 valence electrons. The third-order valence-corrected chi connectivity index (χ3v) is 3.52. The predicted octanol–water partition coefficient (Wildman–Crippen LogP) is 3.06. The van der Waals surface area contributed by atoms with E-state index in [2.05, 4.69) is 50.7 Å². The van der Waals surface area contributed by atoms with Crippen molar-refractivity contribution in [3.8, 4) is 0 Å². The highest BCUT2D eigenvalue weighted by Gasteiger charge is 2.24. The maximum absolute atomic E-state index is 5.84. The van der Waals surface area contributed by atoms with Gasteiger partial charge in [-0.05, 0) is 12.8 Å². The van der Waals surface area contributed by atoms with Gasteiger partial charge in [-0.1, -0.05) is 61.6 Å². The molecule has 0 aromatic heterocycles. The number of halogens is 1. The van der Waals surface area contributed by atoms with Gasteiger partial charge in [-0.3, -0.25) is 0 Å². The fourth-order valence-electron chi connectivity index (χ4n) is 2.16. The minimum atomic E-state index is 0.0930. The number of hydrogen-bond acceptors (Lipinski definition) is 2. The van der Waals surface area contributed by atoms with Crippen molar-refractivity contribution in [3.63, 3.8) is 0 Å². The molecule has 0 aromatic carbocycles. The summed E-state index contributed by atoms with van der Waals surface area (Å²) in [5.74, 6) is 0. The Labute approximate surface area is 139 Å². The van der Waals surface area contributed by atoms with E-state index >= 15 is 0 Å². The van der Waals surface area contributed by atoms with Crippen LogP contribution in [0.1, 0.15) is 58.3 Å². The first-order chi connectivity index (χ1) is 9.60. The van der Waals surface area contributed by atoms with E-state index in [1.165, 1.54) is 49.8 Å². The van der Waals surface area contributed by atoms with Crippen LogP contribution >= 0.6 is 22.6 Å². The van der Waals surface area contributed by atoms with Gasteiger partial charge in [0.2, 0.25) is 0 Å². The summed E-state index contributed by atoms with van der Waals surface area (Å²) in [6.45, 7) is 3.09. The highest BCUT2D eigenvalue weighted by molar-refractivity contribution is 14.1. The van der Waals surface area contributed by atoms with Crippen LogP contribution in [-0.4, -0.2) is 44.6 Å². The lowest BCUT2D eigenvalue weighted by Crippen LogP contribution is -3.02. The van der Waals surface area contributed by atoms with Crippen LogP contribution in [0.2, 0.25) is 0 Å². The molecule has 1 saturated heterocycles. The molecule has 1 aliphatic rings. The zero-order valence-corrected chi connectivity index (χ0v) is 16.1. The molecule has 1 N–H and O–H groups in total. The minimum absolute atomic E-state index is 0.0930. The molecule has 0 spiro atoms. The zero-order chi connectivity index (χ0) is 15.2. The molecule has 0 bridgehead atoms. The van der Waals surface area contributed by atoms with Gasteiger partial charge in [-0.25, -0.2) is 0 Å². The van der Waals surface area contributed by atoms with E-state index in [0.717, 1.165) is 17.5 Å². The molecule has 0 amide bonds. The summed E-state index contributed by atoms with van der Waals surface area (Å²) in [6.07, 6.45) is 10.9. The van der Waals surface area contributed by atoms with Gasteiger partial charge in [0, 0.05) is 10.8 Å². The molecular weight excluding hydrogens is 365 g/mol. The van der Waals surface area contributed by atoms with Gasteiger partial charge in [-0.2, -0.15) is 0 Å². The first kappa shape index (κ1) is 20.6. The lowest BCUT2D eigenvalue weighted by Gasteiger charge is -2.13. The number of quaternary nitrogens is 1. The molecule has 1 rings (SSSR count). The normalized spacial score (nSPS) is 21.9. The van der Waals surface area contributed by atoms with Crippen molar-refractivity contribution in [2.45, 2.75) is 70.7 Å². The van der Waals surface area contributed by atoms with Crippen LogP contribution in [0.3, 0.4) is 0 Å². The number of hydrogen-bond donors (Lipinski definition) is 1. The van der Waals surface area contributed by atoms with Crippen LogP contribution in [0.15, 0.2) is 0 Å². The van der Waals surface area contributed by atoms with Crippen molar-refractivity contribution in [3.05, 3.63) is 0 Å². The Kier molecular flexibility index (Phi) is 15.0. The fraction of sp³-hybridized carbons (Fsp3) is 1.00. The molecular formula is C16H35INO2+. The van der Waals surface area contributed by atoms with Crippen LogP contribution in [-0.2, 0) is 9.47 Å². The first-order valence-corrected chi connectivity index (χ1v) is 9.72. The summed E-state index contributed by atoms with van der Waals surface area (Å²) in [5, 5.41) is 0. The number of alkyl halides is 1. The van der Waals surface area contributed by atoms with Crippen LogP contribution in [0.4, 0.5) is 0 Å². The van der Waals surface area contributed by atoms with Gasteiger partial charge >= 0.3 is 0 Å². The number of unbranched alkanes of at least 4 members (excludes halogenated alkanes) is 4. The van der Waals surface area contributed by atoms with E-state index in [0.29, 0.717) is 6.10 Å². The molecule has 2 atom stereocenters. The van der Waals surface area contributed by atoms with E-state index in [9.17, 15) is 0 Å². The standard InChI is InChI=1S/C13H25IO2.C3H9N/c1-2-3-4-5-6-7-12-8-9-13(16-12)15-11-10-14;1-4(2)3/h12-13H,2-11H2,1H3;1-3H3/p+1. The van der Waals surface area contributed by atoms with Crippen LogP contribution in [0.5, 0.6) is 0 Å². The van der Waals surface area contributed by atoms with E-state index < -0.39 is 0 Å². The minimum Gasteiger partial charge on any atom is -0.352 e. The van der Waals surface area contributed by atoms with Crippen molar-refractivity contribution >= 4 is 22.6 Å². The second-order valence-corrected chi connectivity index (χ2v) is 7.11. The Morgan fingerprint density at radius 2 is 1.75 bits per heavy atom. The van der Waals surface area contributed by atoms with Gasteiger partial charge in [0.15, 0.2) is 6.29 Å². The Bertz CT molecular complexity index is 200. The van der Waals surface area contributed by atoms with Crippen LogP contribution in [0, 0.1) is 0 Å². The fourth-order valence-corrected chi connectivity index (χ4v) is 2.41. The molecule has 0 aromatic rings. The van der Waals surface area contributed by atoms with Gasteiger partial charge in [0.25, 0.3) is 0 Å². The SMILES string of the molecule is CCCCCCCC1CCC(OCCI)O1.C[NH+](C)C. The molecule has 1 aliphatic heterocycles. The third kappa shape index (κ3) is 13.6. The Hall–Kier alpha value is 0.610. The molecule has 2 unspecified atom stereocenters. The number of ether oxygens (including phenoxy) is 2. The molecule has 1 heterocycles. The average Bonchev–Trinajstić information content (AvgIpc) is 2.83. The molecule has 4 heteroatoms. The Morgan fingerprint density at radius 3 is 2.35 bits per heavy atom. The third-order valence-electron chi connectivity index (χ3n) is 3.08. The molecule has 20 heavy (non-hydrogen) atoms.